The number of hydrogen-bond donors (Lipinski definition) is 3. The summed E-state index contributed by atoms with van der Waals surface area (Å²) >= 11 is 5.83. The molecule has 1 atom stereocenters. The van der Waals surface area contributed by atoms with Gasteiger partial charge in [0, 0.05) is 18.3 Å². The number of carboxylic acid groups (broad SMARTS) is 1. The number of nitrogens with zero attached hydrogens (tertiary/aromatic N) is 1. The molecule has 0 saturated carbocycles. The number of aromatic nitrogens is 2. The molecule has 0 aliphatic rings. The third kappa shape index (κ3) is 3.34. The van der Waals surface area contributed by atoms with Gasteiger partial charge < -0.3 is 15.4 Å². The van der Waals surface area contributed by atoms with E-state index in [1.807, 2.05) is 0 Å². The monoisotopic (exact) mass is 365 g/mol. The van der Waals surface area contributed by atoms with Crippen LogP contribution in [-0.2, 0) is 17.4 Å². The van der Waals surface area contributed by atoms with Crippen molar-refractivity contribution in [3.8, 4) is 0 Å². The summed E-state index contributed by atoms with van der Waals surface area (Å²) < 4.78 is 0.728. The van der Waals surface area contributed by atoms with Crippen LogP contribution >= 0.6 is 11.6 Å². The number of rotatable bonds is 5. The van der Waals surface area contributed by atoms with Gasteiger partial charge in [0.25, 0.3) is 11.5 Å². The van der Waals surface area contributed by atoms with Crippen molar-refractivity contribution in [1.29, 1.82) is 0 Å². The van der Waals surface area contributed by atoms with Crippen LogP contribution in [0.25, 0.3) is 0 Å². The molecule has 1 aromatic heterocycles. The second kappa shape index (κ2) is 6.94. The van der Waals surface area contributed by atoms with Gasteiger partial charge in [-0.05, 0) is 24.1 Å². The smallest absolute Gasteiger partial charge is 0.334 e. The van der Waals surface area contributed by atoms with E-state index in [1.54, 1.807) is 6.92 Å². The highest BCUT2D eigenvalue weighted by Gasteiger charge is 2.41. The Morgan fingerprint density at radius 3 is 2.40 bits per heavy atom. The number of amides is 1. The minimum atomic E-state index is -1.75. The van der Waals surface area contributed by atoms with Gasteiger partial charge in [0.2, 0.25) is 0 Å². The van der Waals surface area contributed by atoms with Crippen LogP contribution in [0, 0.1) is 0 Å². The number of carbonyl (C=O) groups excluding carboxylic acids is 1. The van der Waals surface area contributed by atoms with Gasteiger partial charge in [0.1, 0.15) is 5.56 Å². The molecule has 1 aromatic carbocycles. The Bertz CT molecular complexity index is 932. The highest BCUT2D eigenvalue weighted by molar-refractivity contribution is 6.30. The average Bonchev–Trinajstić information content (AvgIpc) is 2.58. The average molecular weight is 366 g/mol. The summed E-state index contributed by atoms with van der Waals surface area (Å²) in [5.74, 6) is -2.19. The quantitative estimate of drug-likeness (QED) is 0.725. The van der Waals surface area contributed by atoms with E-state index in [-0.39, 0.29) is 12.0 Å². The lowest BCUT2D eigenvalue weighted by atomic mass is 9.87. The fourth-order valence-electron chi connectivity index (χ4n) is 2.42. The summed E-state index contributed by atoms with van der Waals surface area (Å²) in [7, 11) is 1.21. The van der Waals surface area contributed by atoms with Gasteiger partial charge in [-0.25, -0.2) is 9.59 Å². The molecule has 9 heteroatoms. The summed E-state index contributed by atoms with van der Waals surface area (Å²) in [4.78, 5) is 50.1. The Hall–Kier alpha value is -2.87. The van der Waals surface area contributed by atoms with Gasteiger partial charge in [-0.3, -0.25) is 14.2 Å². The van der Waals surface area contributed by atoms with Crippen LogP contribution in [0.1, 0.15) is 29.3 Å². The Balaban J connectivity index is 2.51. The SMILES string of the molecule is CCC(NC(=O)c1c[nH]c(=O)n(C)c1=O)(C(=O)O)c1ccc(Cl)cc1. The molecule has 0 radical (unpaired) electrons. The molecule has 0 bridgehead atoms. The molecular weight excluding hydrogens is 350 g/mol. The van der Waals surface area contributed by atoms with Gasteiger partial charge in [0.15, 0.2) is 5.54 Å². The lowest BCUT2D eigenvalue weighted by Gasteiger charge is -2.30. The molecule has 2 aromatic rings. The predicted octanol–water partition coefficient (Wildman–Crippen LogP) is 0.847. The summed E-state index contributed by atoms with van der Waals surface area (Å²) in [5.41, 5.74) is -3.31. The first-order chi connectivity index (χ1) is 11.7. The highest BCUT2D eigenvalue weighted by Crippen LogP contribution is 2.27. The molecule has 0 spiro atoms. The van der Waals surface area contributed by atoms with Crippen LogP contribution in [-0.4, -0.2) is 26.5 Å². The second-order valence-corrected chi connectivity index (χ2v) is 5.83. The van der Waals surface area contributed by atoms with Crippen molar-refractivity contribution in [2.75, 3.05) is 0 Å². The van der Waals surface area contributed by atoms with Gasteiger partial charge in [-0.2, -0.15) is 0 Å². The number of halogens is 1. The number of benzene rings is 1. The van der Waals surface area contributed by atoms with Crippen molar-refractivity contribution in [1.82, 2.24) is 14.9 Å². The Kier molecular flexibility index (Phi) is 5.13. The summed E-state index contributed by atoms with van der Waals surface area (Å²) in [6, 6.07) is 6.00. The standard InChI is InChI=1S/C16H16ClN3O5/c1-3-16(14(23)24,9-4-6-10(17)7-5-9)19-12(21)11-8-18-15(25)20(2)13(11)22/h4-8H,3H2,1-2H3,(H,18,25)(H,19,21)(H,23,24). The number of nitrogens with one attached hydrogen (secondary N) is 2. The van der Waals surface area contributed by atoms with Crippen molar-refractivity contribution < 1.29 is 14.7 Å². The van der Waals surface area contributed by atoms with E-state index in [0.29, 0.717) is 10.6 Å². The number of carbonyl (C=O) groups is 2. The lowest BCUT2D eigenvalue weighted by molar-refractivity contribution is -0.145. The van der Waals surface area contributed by atoms with Gasteiger partial charge in [-0.15, -0.1) is 0 Å². The first kappa shape index (κ1) is 18.5. The first-order valence-electron chi connectivity index (χ1n) is 7.33. The molecule has 25 heavy (non-hydrogen) atoms. The zero-order valence-corrected chi connectivity index (χ0v) is 14.3. The molecule has 0 aliphatic heterocycles. The fraction of sp³-hybridized carbons (Fsp3) is 0.250. The normalized spacial score (nSPS) is 13.1. The molecule has 1 amide bonds. The van der Waals surface area contributed by atoms with Crippen molar-refractivity contribution >= 4 is 23.5 Å². The van der Waals surface area contributed by atoms with E-state index in [4.69, 9.17) is 11.6 Å². The van der Waals surface area contributed by atoms with Crippen LogP contribution in [0.15, 0.2) is 40.1 Å². The highest BCUT2D eigenvalue weighted by atomic mass is 35.5. The van der Waals surface area contributed by atoms with E-state index >= 15 is 0 Å². The minimum Gasteiger partial charge on any atom is -0.479 e. The summed E-state index contributed by atoms with van der Waals surface area (Å²) in [6.45, 7) is 1.59. The molecule has 0 aliphatic carbocycles. The molecule has 1 unspecified atom stereocenters. The van der Waals surface area contributed by atoms with E-state index in [1.165, 1.54) is 31.3 Å². The van der Waals surface area contributed by atoms with E-state index < -0.39 is 28.7 Å². The van der Waals surface area contributed by atoms with Crippen molar-refractivity contribution in [3.63, 3.8) is 0 Å². The fourth-order valence-corrected chi connectivity index (χ4v) is 2.54. The number of hydrogen-bond acceptors (Lipinski definition) is 4. The van der Waals surface area contributed by atoms with Crippen molar-refractivity contribution in [3.05, 3.63) is 67.4 Å². The van der Waals surface area contributed by atoms with Gasteiger partial charge in [-0.1, -0.05) is 30.7 Å². The minimum absolute atomic E-state index is 0.0272. The maximum atomic E-state index is 12.5. The van der Waals surface area contributed by atoms with Crippen molar-refractivity contribution in [2.45, 2.75) is 18.9 Å². The zero-order valence-electron chi connectivity index (χ0n) is 13.5. The Labute approximate surface area is 147 Å². The zero-order chi connectivity index (χ0) is 18.8. The molecular formula is C16H16ClN3O5. The Morgan fingerprint density at radius 2 is 1.88 bits per heavy atom. The van der Waals surface area contributed by atoms with Crippen molar-refractivity contribution in [2.24, 2.45) is 7.05 Å². The topological polar surface area (TPSA) is 121 Å². The molecule has 8 nitrogen and oxygen atoms in total. The first-order valence-corrected chi connectivity index (χ1v) is 7.71. The Morgan fingerprint density at radius 1 is 1.28 bits per heavy atom. The van der Waals surface area contributed by atoms with Crippen LogP contribution in [0.4, 0.5) is 0 Å². The van der Waals surface area contributed by atoms with Crippen LogP contribution < -0.4 is 16.6 Å². The molecule has 0 fully saturated rings. The maximum Gasteiger partial charge on any atom is 0.334 e. The number of carboxylic acids is 1. The van der Waals surface area contributed by atoms with Crippen LogP contribution in [0.5, 0.6) is 0 Å². The van der Waals surface area contributed by atoms with Crippen LogP contribution in [0.2, 0.25) is 5.02 Å². The van der Waals surface area contributed by atoms with Crippen LogP contribution in [0.3, 0.4) is 0 Å². The molecule has 132 valence electrons. The number of H-pyrrole nitrogens is 1. The van der Waals surface area contributed by atoms with E-state index in [2.05, 4.69) is 10.3 Å². The predicted molar refractivity (Wildman–Crippen MR) is 90.8 cm³/mol. The molecule has 0 saturated heterocycles. The lowest BCUT2D eigenvalue weighted by Crippen LogP contribution is -2.53. The maximum absolute atomic E-state index is 12.5. The molecule has 3 N–H and O–H groups in total. The van der Waals surface area contributed by atoms with E-state index in [9.17, 15) is 24.3 Å². The summed E-state index contributed by atoms with van der Waals surface area (Å²) in [6.07, 6.45) is 0.990. The molecule has 1 heterocycles. The van der Waals surface area contributed by atoms with E-state index in [0.717, 1.165) is 10.8 Å². The largest absolute Gasteiger partial charge is 0.479 e. The number of aliphatic carboxylic acids is 1. The third-order valence-corrected chi connectivity index (χ3v) is 4.24. The van der Waals surface area contributed by atoms with Gasteiger partial charge in [0.05, 0.1) is 0 Å². The molecule has 2 rings (SSSR count). The number of aromatic amines is 1. The van der Waals surface area contributed by atoms with Gasteiger partial charge >= 0.3 is 11.7 Å². The summed E-state index contributed by atoms with van der Waals surface area (Å²) in [5, 5.41) is 12.5. The second-order valence-electron chi connectivity index (χ2n) is 5.40. The third-order valence-electron chi connectivity index (χ3n) is 3.98.